The highest BCUT2D eigenvalue weighted by Gasteiger charge is 2.29. The van der Waals surface area contributed by atoms with Crippen LogP contribution in [-0.2, 0) is 4.79 Å². The maximum absolute atomic E-state index is 13.0. The molecule has 1 aromatic carbocycles. The third-order valence-corrected chi connectivity index (χ3v) is 7.02. The Bertz CT molecular complexity index is 1370. The lowest BCUT2D eigenvalue weighted by Gasteiger charge is -2.16. The number of nitrogens with one attached hydrogen (secondary N) is 4. The molecule has 1 aliphatic carbocycles. The summed E-state index contributed by atoms with van der Waals surface area (Å²) >= 11 is 0. The standard InChI is InChI=1S/C29H35N7O4/c1-19-5-2-11-31-26(19)32-14-13-30-22-10-9-21(27(38)33-12-4-16-36-15-3-6-25(36)37)17-23(22)34-28(39)24-18-40-29(35-24)20-7-8-20/h2,5,9-11,17-18,20,30H,3-4,6-8,12-16H2,1H3,(H,31,32)(H,33,38)(H,34,39). The normalized spacial score (nSPS) is 14.7. The number of pyridine rings is 1. The van der Waals surface area contributed by atoms with Crippen molar-refractivity contribution >= 4 is 34.9 Å². The Labute approximate surface area is 233 Å². The number of benzene rings is 1. The van der Waals surface area contributed by atoms with Crippen LogP contribution in [-0.4, -0.2) is 65.3 Å². The van der Waals surface area contributed by atoms with Gasteiger partial charge in [0.05, 0.1) is 11.4 Å². The summed E-state index contributed by atoms with van der Waals surface area (Å²) in [5, 5.41) is 12.4. The first-order chi connectivity index (χ1) is 19.5. The molecule has 2 aliphatic rings. The van der Waals surface area contributed by atoms with Crippen LogP contribution in [0.1, 0.15) is 70.3 Å². The molecule has 2 fully saturated rings. The van der Waals surface area contributed by atoms with Gasteiger partial charge in [-0.25, -0.2) is 9.97 Å². The summed E-state index contributed by atoms with van der Waals surface area (Å²) in [6, 6.07) is 9.03. The Balaban J connectivity index is 1.22. The van der Waals surface area contributed by atoms with Crippen LogP contribution in [0, 0.1) is 6.92 Å². The molecule has 4 N–H and O–H groups in total. The number of anilines is 3. The molecule has 210 valence electrons. The minimum Gasteiger partial charge on any atom is -0.448 e. The van der Waals surface area contributed by atoms with Crippen LogP contribution in [0.3, 0.4) is 0 Å². The topological polar surface area (TPSA) is 141 Å². The monoisotopic (exact) mass is 545 g/mol. The lowest BCUT2D eigenvalue weighted by Crippen LogP contribution is -2.30. The van der Waals surface area contributed by atoms with Crippen LogP contribution in [0.2, 0.25) is 0 Å². The van der Waals surface area contributed by atoms with Gasteiger partial charge in [-0.3, -0.25) is 14.4 Å². The van der Waals surface area contributed by atoms with Crippen molar-refractivity contribution in [1.82, 2.24) is 20.2 Å². The number of aromatic nitrogens is 2. The van der Waals surface area contributed by atoms with Crippen molar-refractivity contribution in [1.29, 1.82) is 0 Å². The van der Waals surface area contributed by atoms with Crippen LogP contribution in [0.5, 0.6) is 0 Å². The number of aryl methyl sites for hydroxylation is 1. The van der Waals surface area contributed by atoms with Gasteiger partial charge in [-0.2, -0.15) is 0 Å². The van der Waals surface area contributed by atoms with Crippen LogP contribution < -0.4 is 21.3 Å². The van der Waals surface area contributed by atoms with Crippen molar-refractivity contribution in [2.45, 2.75) is 44.9 Å². The molecule has 5 rings (SSSR count). The molecule has 40 heavy (non-hydrogen) atoms. The summed E-state index contributed by atoms with van der Waals surface area (Å²) in [6.07, 6.45) is 7.34. The first kappa shape index (κ1) is 27.2. The van der Waals surface area contributed by atoms with Gasteiger partial charge < -0.3 is 30.6 Å². The average Bonchev–Trinajstić information content (AvgIpc) is 3.54. The van der Waals surface area contributed by atoms with Gasteiger partial charge in [0.2, 0.25) is 5.91 Å². The smallest absolute Gasteiger partial charge is 0.277 e. The van der Waals surface area contributed by atoms with Gasteiger partial charge in [0, 0.05) is 56.8 Å². The largest absolute Gasteiger partial charge is 0.448 e. The number of oxazole rings is 1. The Morgan fingerprint density at radius 3 is 2.70 bits per heavy atom. The van der Waals surface area contributed by atoms with E-state index in [1.807, 2.05) is 24.0 Å². The van der Waals surface area contributed by atoms with Crippen molar-refractivity contribution in [2.75, 3.05) is 48.7 Å². The zero-order valence-corrected chi connectivity index (χ0v) is 22.7. The minimum atomic E-state index is -0.409. The summed E-state index contributed by atoms with van der Waals surface area (Å²) in [6.45, 7) is 5.01. The van der Waals surface area contributed by atoms with Crippen molar-refractivity contribution in [2.24, 2.45) is 0 Å². The summed E-state index contributed by atoms with van der Waals surface area (Å²) in [4.78, 5) is 48.2. The molecule has 1 aliphatic heterocycles. The van der Waals surface area contributed by atoms with Gasteiger partial charge in [0.1, 0.15) is 12.1 Å². The fourth-order valence-electron chi connectivity index (χ4n) is 4.60. The number of likely N-dealkylation sites (tertiary alicyclic amines) is 1. The molecule has 1 saturated carbocycles. The molecule has 3 heterocycles. The second-order valence-corrected chi connectivity index (χ2v) is 10.2. The molecule has 1 saturated heterocycles. The molecule has 0 unspecified atom stereocenters. The third kappa shape index (κ3) is 6.96. The number of nitrogens with zero attached hydrogens (tertiary/aromatic N) is 3. The van der Waals surface area contributed by atoms with Gasteiger partial charge >= 0.3 is 0 Å². The molecular formula is C29H35N7O4. The zero-order valence-electron chi connectivity index (χ0n) is 22.7. The van der Waals surface area contributed by atoms with Crippen molar-refractivity contribution < 1.29 is 18.8 Å². The molecular weight excluding hydrogens is 510 g/mol. The molecule has 3 amide bonds. The van der Waals surface area contributed by atoms with Gasteiger partial charge in [-0.05, 0) is 62.4 Å². The Kier molecular flexibility index (Phi) is 8.58. The van der Waals surface area contributed by atoms with E-state index in [1.54, 1.807) is 24.4 Å². The molecule has 11 heteroatoms. The fraction of sp³-hybridized carbons (Fsp3) is 0.414. The van der Waals surface area contributed by atoms with E-state index < -0.39 is 5.91 Å². The minimum absolute atomic E-state index is 0.177. The van der Waals surface area contributed by atoms with Gasteiger partial charge in [0.15, 0.2) is 11.6 Å². The highest BCUT2D eigenvalue weighted by molar-refractivity contribution is 6.06. The summed E-state index contributed by atoms with van der Waals surface area (Å²) in [7, 11) is 0. The van der Waals surface area contributed by atoms with Crippen molar-refractivity contribution in [3.8, 4) is 0 Å². The summed E-state index contributed by atoms with van der Waals surface area (Å²) in [5.74, 6) is 1.22. The Morgan fingerprint density at radius 1 is 1.07 bits per heavy atom. The Morgan fingerprint density at radius 2 is 1.93 bits per heavy atom. The molecule has 0 atom stereocenters. The lowest BCUT2D eigenvalue weighted by molar-refractivity contribution is -0.127. The molecule has 0 spiro atoms. The van der Waals surface area contributed by atoms with Crippen LogP contribution in [0.25, 0.3) is 0 Å². The number of hydrogen-bond donors (Lipinski definition) is 4. The van der Waals surface area contributed by atoms with Gasteiger partial charge in [-0.15, -0.1) is 0 Å². The highest BCUT2D eigenvalue weighted by atomic mass is 16.3. The maximum atomic E-state index is 13.0. The van der Waals surface area contributed by atoms with E-state index in [4.69, 9.17) is 4.42 Å². The van der Waals surface area contributed by atoms with E-state index >= 15 is 0 Å². The zero-order chi connectivity index (χ0) is 27.9. The number of carbonyl (C=O) groups excluding carboxylic acids is 3. The Hall–Kier alpha value is -4.41. The van der Waals surface area contributed by atoms with Crippen LogP contribution in [0.15, 0.2) is 47.2 Å². The third-order valence-electron chi connectivity index (χ3n) is 7.02. The predicted molar refractivity (Wildman–Crippen MR) is 152 cm³/mol. The van der Waals surface area contributed by atoms with E-state index in [9.17, 15) is 14.4 Å². The summed E-state index contributed by atoms with van der Waals surface area (Å²) < 4.78 is 5.48. The van der Waals surface area contributed by atoms with Crippen LogP contribution >= 0.6 is 0 Å². The van der Waals surface area contributed by atoms with E-state index in [-0.39, 0.29) is 17.5 Å². The van der Waals surface area contributed by atoms with E-state index in [1.165, 1.54) is 6.26 Å². The first-order valence-corrected chi connectivity index (χ1v) is 13.8. The number of hydrogen-bond acceptors (Lipinski definition) is 8. The van der Waals surface area contributed by atoms with Crippen molar-refractivity contribution in [3.63, 3.8) is 0 Å². The quantitative estimate of drug-likeness (QED) is 0.238. The van der Waals surface area contributed by atoms with E-state index in [0.717, 1.165) is 37.2 Å². The molecule has 3 aromatic rings. The van der Waals surface area contributed by atoms with Crippen molar-refractivity contribution in [3.05, 3.63) is 65.5 Å². The second kappa shape index (κ2) is 12.6. The van der Waals surface area contributed by atoms with Crippen LogP contribution in [0.4, 0.5) is 17.2 Å². The molecule has 0 bridgehead atoms. The van der Waals surface area contributed by atoms with E-state index in [0.29, 0.717) is 67.8 Å². The molecule has 11 nitrogen and oxygen atoms in total. The fourth-order valence-corrected chi connectivity index (χ4v) is 4.60. The number of amides is 3. The molecule has 0 radical (unpaired) electrons. The lowest BCUT2D eigenvalue weighted by atomic mass is 10.1. The highest BCUT2D eigenvalue weighted by Crippen LogP contribution is 2.39. The second-order valence-electron chi connectivity index (χ2n) is 10.2. The molecule has 2 aromatic heterocycles. The average molecular weight is 546 g/mol. The predicted octanol–water partition coefficient (Wildman–Crippen LogP) is 3.77. The SMILES string of the molecule is Cc1cccnc1NCCNc1ccc(C(=O)NCCCN2CCCC2=O)cc1NC(=O)c1coc(C2CC2)n1. The number of rotatable bonds is 13. The maximum Gasteiger partial charge on any atom is 0.277 e. The first-order valence-electron chi connectivity index (χ1n) is 13.8. The van der Waals surface area contributed by atoms with Gasteiger partial charge in [-0.1, -0.05) is 6.07 Å². The van der Waals surface area contributed by atoms with E-state index in [2.05, 4.69) is 31.2 Å². The summed E-state index contributed by atoms with van der Waals surface area (Å²) in [5.41, 5.74) is 2.80. The number of carbonyl (C=O) groups is 3. The van der Waals surface area contributed by atoms with Gasteiger partial charge in [0.25, 0.3) is 11.8 Å².